The lowest BCUT2D eigenvalue weighted by Crippen LogP contribution is -2.39. The van der Waals surface area contributed by atoms with Gasteiger partial charge in [-0.25, -0.2) is 5.84 Å². The van der Waals surface area contributed by atoms with E-state index in [0.717, 1.165) is 25.7 Å². The minimum atomic E-state index is -0.127. The van der Waals surface area contributed by atoms with Gasteiger partial charge >= 0.3 is 0 Å². The lowest BCUT2D eigenvalue weighted by molar-refractivity contribution is -0.122. The molecule has 1 aliphatic carbocycles. The number of ether oxygens (including phenoxy) is 1. The van der Waals surface area contributed by atoms with Gasteiger partial charge in [0.05, 0.1) is 6.61 Å². The Morgan fingerprint density at radius 1 is 1.62 bits per heavy atom. The number of carbonyl (C=O) groups excluding carboxylic acids is 1. The molecule has 0 spiro atoms. The molecule has 3 N–H and O–H groups in total. The third kappa shape index (κ3) is 5.44. The van der Waals surface area contributed by atoms with Gasteiger partial charge in [-0.1, -0.05) is 0 Å². The first-order valence-corrected chi connectivity index (χ1v) is 5.91. The fraction of sp³-hybridized carbons (Fsp3) is 0.909. The molecular formula is C11H23N3O2. The highest BCUT2D eigenvalue weighted by molar-refractivity contribution is 5.75. The molecule has 0 bridgehead atoms. The van der Waals surface area contributed by atoms with Crippen LogP contribution in [0.15, 0.2) is 0 Å². The molecule has 1 rings (SSSR count). The molecule has 1 aliphatic rings. The van der Waals surface area contributed by atoms with E-state index >= 15 is 0 Å². The summed E-state index contributed by atoms with van der Waals surface area (Å²) in [6.07, 6.45) is 3.07. The number of rotatable bonds is 8. The number of nitrogens with one attached hydrogen (secondary N) is 1. The summed E-state index contributed by atoms with van der Waals surface area (Å²) in [6.45, 7) is 4.49. The molecule has 0 aromatic heterocycles. The van der Waals surface area contributed by atoms with Crippen molar-refractivity contribution in [2.24, 2.45) is 11.8 Å². The Morgan fingerprint density at radius 2 is 2.31 bits per heavy atom. The molecule has 5 nitrogen and oxygen atoms in total. The highest BCUT2D eigenvalue weighted by Gasteiger charge is 2.21. The van der Waals surface area contributed by atoms with Crippen LogP contribution in [0.3, 0.4) is 0 Å². The number of hydrogen-bond acceptors (Lipinski definition) is 4. The van der Waals surface area contributed by atoms with Gasteiger partial charge in [-0.3, -0.25) is 10.2 Å². The Hall–Kier alpha value is -0.650. The summed E-state index contributed by atoms with van der Waals surface area (Å²) < 4.78 is 5.54. The van der Waals surface area contributed by atoms with Crippen molar-refractivity contribution in [1.82, 2.24) is 10.3 Å². The maximum atomic E-state index is 11.1. The van der Waals surface area contributed by atoms with Crippen LogP contribution in [0.1, 0.15) is 26.2 Å². The zero-order valence-electron chi connectivity index (χ0n) is 10.2. The van der Waals surface area contributed by atoms with Crippen molar-refractivity contribution in [1.29, 1.82) is 0 Å². The Kier molecular flexibility index (Phi) is 5.73. The topological polar surface area (TPSA) is 67.6 Å². The van der Waals surface area contributed by atoms with Gasteiger partial charge in [0.15, 0.2) is 0 Å². The SMILES string of the molecule is CC(CC(=O)NN)N(C)CCOCC1CC1. The second kappa shape index (κ2) is 6.83. The predicted octanol–water partition coefficient (Wildman–Crippen LogP) is 0.113. The number of amides is 1. The van der Waals surface area contributed by atoms with Crippen LogP contribution < -0.4 is 11.3 Å². The summed E-state index contributed by atoms with van der Waals surface area (Å²) in [5.41, 5.74) is 2.14. The van der Waals surface area contributed by atoms with Crippen LogP contribution in [0, 0.1) is 5.92 Å². The minimum Gasteiger partial charge on any atom is -0.380 e. The lowest BCUT2D eigenvalue weighted by atomic mass is 10.2. The second-order valence-electron chi connectivity index (χ2n) is 4.62. The van der Waals surface area contributed by atoms with Crippen molar-refractivity contribution >= 4 is 5.91 Å². The first-order valence-electron chi connectivity index (χ1n) is 5.91. The highest BCUT2D eigenvalue weighted by Crippen LogP contribution is 2.28. The second-order valence-corrected chi connectivity index (χ2v) is 4.62. The standard InChI is InChI=1S/C11H23N3O2/c1-9(7-11(15)13-12)14(2)5-6-16-8-10-3-4-10/h9-10H,3-8,12H2,1-2H3,(H,13,15). The van der Waals surface area contributed by atoms with Crippen molar-refractivity contribution in [3.05, 3.63) is 0 Å². The number of carbonyl (C=O) groups is 1. The molecule has 1 fully saturated rings. The van der Waals surface area contributed by atoms with Gasteiger partial charge in [0.1, 0.15) is 0 Å². The summed E-state index contributed by atoms with van der Waals surface area (Å²) in [7, 11) is 1.99. The smallest absolute Gasteiger partial charge is 0.235 e. The van der Waals surface area contributed by atoms with E-state index in [1.54, 1.807) is 0 Å². The van der Waals surface area contributed by atoms with E-state index in [-0.39, 0.29) is 11.9 Å². The molecule has 1 saturated carbocycles. The van der Waals surface area contributed by atoms with E-state index in [1.807, 2.05) is 14.0 Å². The maximum absolute atomic E-state index is 11.1. The average molecular weight is 229 g/mol. The molecule has 0 radical (unpaired) electrons. The van der Waals surface area contributed by atoms with Crippen molar-refractivity contribution in [2.75, 3.05) is 26.8 Å². The van der Waals surface area contributed by atoms with Crippen LogP contribution in [0.5, 0.6) is 0 Å². The summed E-state index contributed by atoms with van der Waals surface area (Å²) in [6, 6.07) is 0.188. The third-order valence-corrected chi connectivity index (χ3v) is 3.03. The van der Waals surface area contributed by atoms with Gasteiger partial charge in [-0.05, 0) is 32.7 Å². The van der Waals surface area contributed by atoms with Crippen molar-refractivity contribution in [3.63, 3.8) is 0 Å². The Morgan fingerprint density at radius 3 is 2.88 bits per heavy atom. The maximum Gasteiger partial charge on any atom is 0.235 e. The monoisotopic (exact) mass is 229 g/mol. The van der Waals surface area contributed by atoms with Crippen LogP contribution in [0.2, 0.25) is 0 Å². The van der Waals surface area contributed by atoms with Gasteiger partial charge in [0, 0.05) is 25.6 Å². The molecule has 1 unspecified atom stereocenters. The summed E-state index contributed by atoms with van der Waals surface area (Å²) in [5.74, 6) is 5.72. The van der Waals surface area contributed by atoms with E-state index in [4.69, 9.17) is 10.6 Å². The van der Waals surface area contributed by atoms with E-state index < -0.39 is 0 Å². The van der Waals surface area contributed by atoms with Crippen LogP contribution >= 0.6 is 0 Å². The van der Waals surface area contributed by atoms with E-state index in [9.17, 15) is 4.79 Å². The Labute approximate surface area is 97.3 Å². The number of hydrogen-bond donors (Lipinski definition) is 2. The zero-order chi connectivity index (χ0) is 12.0. The lowest BCUT2D eigenvalue weighted by Gasteiger charge is -2.23. The van der Waals surface area contributed by atoms with E-state index in [1.165, 1.54) is 12.8 Å². The van der Waals surface area contributed by atoms with Crippen molar-refractivity contribution in [3.8, 4) is 0 Å². The van der Waals surface area contributed by atoms with Crippen molar-refractivity contribution < 1.29 is 9.53 Å². The number of nitrogens with two attached hydrogens (primary N) is 1. The molecule has 0 saturated heterocycles. The summed E-state index contributed by atoms with van der Waals surface area (Å²) >= 11 is 0. The largest absolute Gasteiger partial charge is 0.380 e. The fourth-order valence-corrected chi connectivity index (χ4v) is 1.45. The third-order valence-electron chi connectivity index (χ3n) is 3.03. The molecule has 5 heteroatoms. The first kappa shape index (κ1) is 13.4. The summed E-state index contributed by atoms with van der Waals surface area (Å²) in [4.78, 5) is 13.2. The van der Waals surface area contributed by atoms with Gasteiger partial charge in [0.25, 0.3) is 0 Å². The summed E-state index contributed by atoms with van der Waals surface area (Å²) in [5, 5.41) is 0. The van der Waals surface area contributed by atoms with Gasteiger partial charge < -0.3 is 9.64 Å². The number of hydrazine groups is 1. The normalized spacial score (nSPS) is 17.5. The molecule has 0 aromatic carbocycles. The number of nitrogens with zero attached hydrogens (tertiary/aromatic N) is 1. The molecule has 0 heterocycles. The van der Waals surface area contributed by atoms with E-state index in [0.29, 0.717) is 6.42 Å². The van der Waals surface area contributed by atoms with E-state index in [2.05, 4.69) is 10.3 Å². The van der Waals surface area contributed by atoms with Gasteiger partial charge in [0.2, 0.25) is 5.91 Å². The van der Waals surface area contributed by atoms with Gasteiger partial charge in [-0.15, -0.1) is 0 Å². The molecule has 1 amide bonds. The molecule has 0 aliphatic heterocycles. The first-order chi connectivity index (χ1) is 7.63. The molecule has 16 heavy (non-hydrogen) atoms. The Balaban J connectivity index is 2.02. The van der Waals surface area contributed by atoms with Crippen LogP contribution in [0.25, 0.3) is 0 Å². The highest BCUT2D eigenvalue weighted by atomic mass is 16.5. The minimum absolute atomic E-state index is 0.127. The average Bonchev–Trinajstić information content (AvgIpc) is 3.07. The van der Waals surface area contributed by atoms with Gasteiger partial charge in [-0.2, -0.15) is 0 Å². The zero-order valence-corrected chi connectivity index (χ0v) is 10.2. The molecule has 1 atom stereocenters. The molecular weight excluding hydrogens is 206 g/mol. The van der Waals surface area contributed by atoms with Crippen LogP contribution in [-0.2, 0) is 9.53 Å². The molecule has 0 aromatic rings. The Bertz CT molecular complexity index is 219. The fourth-order valence-electron chi connectivity index (χ4n) is 1.45. The predicted molar refractivity (Wildman–Crippen MR) is 62.6 cm³/mol. The molecule has 94 valence electrons. The van der Waals surface area contributed by atoms with Crippen molar-refractivity contribution in [2.45, 2.75) is 32.2 Å². The van der Waals surface area contributed by atoms with Crippen LogP contribution in [0.4, 0.5) is 0 Å². The number of likely N-dealkylation sites (N-methyl/N-ethyl adjacent to an activating group) is 1. The quantitative estimate of drug-likeness (QED) is 0.268. The van der Waals surface area contributed by atoms with Crippen LogP contribution in [-0.4, -0.2) is 43.7 Å².